The Morgan fingerprint density at radius 3 is 2.43 bits per heavy atom. The average molecular weight is 318 g/mol. The van der Waals surface area contributed by atoms with Crippen molar-refractivity contribution in [3.8, 4) is 0 Å². The van der Waals surface area contributed by atoms with E-state index in [0.29, 0.717) is 5.69 Å². The quantitative estimate of drug-likeness (QED) is 0.865. The lowest BCUT2D eigenvalue weighted by Crippen LogP contribution is -2.41. The zero-order chi connectivity index (χ0) is 16.8. The fraction of sp³-hybridized carbons (Fsp3) is 0.588. The number of aromatic nitrogens is 1. The molecule has 23 heavy (non-hydrogen) atoms. The number of rotatable bonds is 5. The highest BCUT2D eigenvalue weighted by Gasteiger charge is 2.25. The Morgan fingerprint density at radius 2 is 1.83 bits per heavy atom. The van der Waals surface area contributed by atoms with Crippen LogP contribution in [0.5, 0.6) is 0 Å². The summed E-state index contributed by atoms with van der Waals surface area (Å²) in [6.07, 6.45) is 3.57. The van der Waals surface area contributed by atoms with Gasteiger partial charge in [0.1, 0.15) is 5.82 Å². The van der Waals surface area contributed by atoms with E-state index in [-0.39, 0.29) is 17.7 Å². The summed E-state index contributed by atoms with van der Waals surface area (Å²) in [4.78, 5) is 31.0. The monoisotopic (exact) mass is 318 g/mol. The van der Waals surface area contributed by atoms with Crippen molar-refractivity contribution < 1.29 is 9.59 Å². The first kappa shape index (κ1) is 17.2. The first-order valence-electron chi connectivity index (χ1n) is 8.26. The number of likely N-dealkylation sites (N-methyl/N-ethyl adjacent to an activating group) is 1. The van der Waals surface area contributed by atoms with Gasteiger partial charge in [-0.15, -0.1) is 0 Å². The van der Waals surface area contributed by atoms with Gasteiger partial charge in [-0.25, -0.2) is 4.98 Å². The molecule has 1 aliphatic heterocycles. The fourth-order valence-corrected chi connectivity index (χ4v) is 2.63. The number of piperidine rings is 1. The third kappa shape index (κ3) is 4.43. The van der Waals surface area contributed by atoms with Gasteiger partial charge >= 0.3 is 0 Å². The Hall–Kier alpha value is -2.11. The third-order valence-corrected chi connectivity index (χ3v) is 4.05. The van der Waals surface area contributed by atoms with Gasteiger partial charge in [-0.2, -0.15) is 0 Å². The first-order valence-corrected chi connectivity index (χ1v) is 8.26. The van der Waals surface area contributed by atoms with E-state index >= 15 is 0 Å². The molecule has 0 bridgehead atoms. The number of amides is 2. The van der Waals surface area contributed by atoms with Crippen LogP contribution in [0.15, 0.2) is 18.2 Å². The van der Waals surface area contributed by atoms with Crippen LogP contribution in [-0.4, -0.2) is 36.9 Å². The average Bonchev–Trinajstić information content (AvgIpc) is 2.59. The van der Waals surface area contributed by atoms with Crippen molar-refractivity contribution in [1.82, 2.24) is 15.6 Å². The summed E-state index contributed by atoms with van der Waals surface area (Å²) in [7, 11) is 1.56. The molecule has 2 amide bonds. The van der Waals surface area contributed by atoms with Crippen LogP contribution in [0.4, 0.5) is 5.82 Å². The number of carbonyl (C=O) groups is 2. The van der Waals surface area contributed by atoms with Gasteiger partial charge in [0.05, 0.1) is 5.69 Å². The lowest BCUT2D eigenvalue weighted by molar-refractivity contribution is -0.130. The maximum absolute atomic E-state index is 12.2. The van der Waals surface area contributed by atoms with Gasteiger partial charge in [-0.1, -0.05) is 19.9 Å². The van der Waals surface area contributed by atoms with Crippen molar-refractivity contribution in [2.45, 2.75) is 39.2 Å². The molecule has 1 fully saturated rings. The van der Waals surface area contributed by atoms with Crippen LogP contribution >= 0.6 is 0 Å². The third-order valence-electron chi connectivity index (χ3n) is 4.05. The Kier molecular flexibility index (Phi) is 5.96. The summed E-state index contributed by atoms with van der Waals surface area (Å²) in [6.45, 7) is 5.57. The van der Waals surface area contributed by atoms with Crippen LogP contribution in [0.2, 0.25) is 0 Å². The zero-order valence-corrected chi connectivity index (χ0v) is 14.1. The molecule has 0 spiro atoms. The Morgan fingerprint density at radius 1 is 1.13 bits per heavy atom. The summed E-state index contributed by atoms with van der Waals surface area (Å²) in [6, 6.07) is 4.87. The van der Waals surface area contributed by atoms with E-state index in [4.69, 9.17) is 0 Å². The van der Waals surface area contributed by atoms with E-state index in [1.165, 1.54) is 6.42 Å². The number of carbonyl (C=O) groups excluding carboxylic acids is 2. The minimum Gasteiger partial charge on any atom is -0.357 e. The standard InChI is InChI=1S/C17H26N4O2/c1-12(2)16(22)20-15(17(23)18-3)13-8-7-9-14(19-13)21-10-5-4-6-11-21/h7-9,12,15H,4-6,10-11H2,1-3H3,(H,18,23)(H,20,22). The second kappa shape index (κ2) is 7.94. The maximum Gasteiger partial charge on any atom is 0.248 e. The van der Waals surface area contributed by atoms with Crippen molar-refractivity contribution in [3.05, 3.63) is 23.9 Å². The van der Waals surface area contributed by atoms with E-state index in [1.807, 2.05) is 12.1 Å². The Labute approximate surface area is 137 Å². The molecule has 6 heteroatoms. The van der Waals surface area contributed by atoms with Gasteiger partial charge in [0.25, 0.3) is 0 Å². The van der Waals surface area contributed by atoms with Gasteiger partial charge in [-0.05, 0) is 31.4 Å². The number of anilines is 1. The van der Waals surface area contributed by atoms with E-state index in [0.717, 1.165) is 31.7 Å². The van der Waals surface area contributed by atoms with E-state index in [2.05, 4.69) is 20.5 Å². The molecule has 1 saturated heterocycles. The van der Waals surface area contributed by atoms with E-state index in [1.54, 1.807) is 27.0 Å². The normalized spacial score (nSPS) is 16.1. The number of hydrogen-bond acceptors (Lipinski definition) is 4. The largest absolute Gasteiger partial charge is 0.357 e. The molecule has 126 valence electrons. The van der Waals surface area contributed by atoms with Gasteiger partial charge in [0.15, 0.2) is 6.04 Å². The number of hydrogen-bond donors (Lipinski definition) is 2. The SMILES string of the molecule is CNC(=O)C(NC(=O)C(C)C)c1cccc(N2CCCCC2)n1. The topological polar surface area (TPSA) is 74.3 Å². The fourth-order valence-electron chi connectivity index (χ4n) is 2.63. The number of pyridine rings is 1. The minimum absolute atomic E-state index is 0.163. The van der Waals surface area contributed by atoms with E-state index in [9.17, 15) is 9.59 Å². The second-order valence-electron chi connectivity index (χ2n) is 6.18. The Bertz CT molecular complexity index is 553. The molecule has 2 N–H and O–H groups in total. The lowest BCUT2D eigenvalue weighted by atomic mass is 10.1. The lowest BCUT2D eigenvalue weighted by Gasteiger charge is -2.28. The van der Waals surface area contributed by atoms with Crippen molar-refractivity contribution in [2.75, 3.05) is 25.0 Å². The smallest absolute Gasteiger partial charge is 0.248 e. The van der Waals surface area contributed by atoms with Crippen LogP contribution in [0.1, 0.15) is 44.8 Å². The summed E-state index contributed by atoms with van der Waals surface area (Å²) in [5, 5.41) is 5.38. The van der Waals surface area contributed by atoms with Crippen LogP contribution in [0.3, 0.4) is 0 Å². The second-order valence-corrected chi connectivity index (χ2v) is 6.18. The molecule has 0 aliphatic carbocycles. The van der Waals surface area contributed by atoms with Crippen LogP contribution in [-0.2, 0) is 9.59 Å². The molecule has 1 unspecified atom stereocenters. The highest BCUT2D eigenvalue weighted by Crippen LogP contribution is 2.20. The molecule has 2 rings (SSSR count). The molecule has 0 aromatic carbocycles. The van der Waals surface area contributed by atoms with Gasteiger partial charge in [0.2, 0.25) is 11.8 Å². The molecular formula is C17H26N4O2. The predicted octanol–water partition coefficient (Wildman–Crippen LogP) is 1.63. The molecule has 0 saturated carbocycles. The highest BCUT2D eigenvalue weighted by molar-refractivity contribution is 5.88. The summed E-state index contributed by atoms with van der Waals surface area (Å²) >= 11 is 0. The van der Waals surface area contributed by atoms with Crippen LogP contribution in [0.25, 0.3) is 0 Å². The number of nitrogens with zero attached hydrogens (tertiary/aromatic N) is 2. The van der Waals surface area contributed by atoms with Gasteiger partial charge in [-0.3, -0.25) is 9.59 Å². The molecule has 1 aliphatic rings. The van der Waals surface area contributed by atoms with E-state index < -0.39 is 6.04 Å². The molecule has 1 aromatic heterocycles. The first-order chi connectivity index (χ1) is 11.0. The molecular weight excluding hydrogens is 292 g/mol. The van der Waals surface area contributed by atoms with Crippen LogP contribution < -0.4 is 15.5 Å². The van der Waals surface area contributed by atoms with Gasteiger partial charge in [0, 0.05) is 26.1 Å². The predicted molar refractivity (Wildman–Crippen MR) is 90.1 cm³/mol. The molecule has 6 nitrogen and oxygen atoms in total. The highest BCUT2D eigenvalue weighted by atomic mass is 16.2. The maximum atomic E-state index is 12.2. The molecule has 1 atom stereocenters. The summed E-state index contributed by atoms with van der Waals surface area (Å²) in [5.41, 5.74) is 0.571. The van der Waals surface area contributed by atoms with Crippen molar-refractivity contribution in [3.63, 3.8) is 0 Å². The summed E-state index contributed by atoms with van der Waals surface area (Å²) < 4.78 is 0. The van der Waals surface area contributed by atoms with Crippen LogP contribution in [0, 0.1) is 5.92 Å². The summed E-state index contributed by atoms with van der Waals surface area (Å²) in [5.74, 6) is 0.258. The minimum atomic E-state index is -0.764. The van der Waals surface area contributed by atoms with Crippen molar-refractivity contribution in [1.29, 1.82) is 0 Å². The van der Waals surface area contributed by atoms with Crippen molar-refractivity contribution in [2.24, 2.45) is 5.92 Å². The Balaban J connectivity index is 2.23. The molecule has 0 radical (unpaired) electrons. The molecule has 1 aromatic rings. The zero-order valence-electron chi connectivity index (χ0n) is 14.1. The van der Waals surface area contributed by atoms with Gasteiger partial charge < -0.3 is 15.5 Å². The van der Waals surface area contributed by atoms with Crippen molar-refractivity contribution >= 4 is 17.6 Å². The number of nitrogens with one attached hydrogen (secondary N) is 2. The molecule has 2 heterocycles.